The number of hydrogen-bond acceptors (Lipinski definition) is 6. The number of carbonyl (C=O) groups excluding carboxylic acids is 2. The largest absolute Gasteiger partial charge is 0.428 e. The fourth-order valence-corrected chi connectivity index (χ4v) is 2.91. The molecule has 1 aliphatic heterocycles. The highest BCUT2D eigenvalue weighted by atomic mass is 32.1. The quantitative estimate of drug-likeness (QED) is 0.452. The van der Waals surface area contributed by atoms with Crippen LogP contribution in [-0.2, 0) is 6.54 Å². The van der Waals surface area contributed by atoms with Crippen LogP contribution in [0.15, 0.2) is 17.8 Å². The van der Waals surface area contributed by atoms with Crippen LogP contribution in [0.25, 0.3) is 5.69 Å². The lowest BCUT2D eigenvalue weighted by Crippen LogP contribution is -2.33. The fourth-order valence-electron chi connectivity index (χ4n) is 2.03. The van der Waals surface area contributed by atoms with Crippen molar-refractivity contribution in [2.24, 2.45) is 5.84 Å². The summed E-state index contributed by atoms with van der Waals surface area (Å²) in [5.41, 5.74) is 3.21. The maximum absolute atomic E-state index is 12.2. The van der Waals surface area contributed by atoms with Gasteiger partial charge in [-0.25, -0.2) is 15.6 Å². The molecule has 3 rings (SSSR count). The second-order valence-corrected chi connectivity index (χ2v) is 5.11. The second kappa shape index (κ2) is 4.62. The maximum atomic E-state index is 12.2. The summed E-state index contributed by atoms with van der Waals surface area (Å²) >= 11 is 1.36. The van der Waals surface area contributed by atoms with Gasteiger partial charge in [0.2, 0.25) is 5.88 Å². The van der Waals surface area contributed by atoms with Crippen LogP contribution in [0.1, 0.15) is 15.4 Å². The van der Waals surface area contributed by atoms with Gasteiger partial charge in [-0.05, 0) is 11.4 Å². The van der Waals surface area contributed by atoms with E-state index in [0.717, 1.165) is 5.69 Å². The zero-order valence-electron chi connectivity index (χ0n) is 10.5. The van der Waals surface area contributed by atoms with Crippen molar-refractivity contribution in [1.29, 1.82) is 0 Å². The Bertz CT molecular complexity index is 692. The third-order valence-electron chi connectivity index (χ3n) is 2.97. The van der Waals surface area contributed by atoms with Gasteiger partial charge in [0.15, 0.2) is 0 Å². The molecule has 0 aromatic carbocycles. The summed E-state index contributed by atoms with van der Waals surface area (Å²) in [5, 5.41) is 1.83. The molecule has 0 bridgehead atoms. The van der Waals surface area contributed by atoms with Gasteiger partial charge in [0.1, 0.15) is 16.9 Å². The summed E-state index contributed by atoms with van der Waals surface area (Å²) in [7, 11) is 1.68. The summed E-state index contributed by atoms with van der Waals surface area (Å²) in [4.78, 5) is 29.6. The van der Waals surface area contributed by atoms with Gasteiger partial charge in [0.25, 0.3) is 5.91 Å². The van der Waals surface area contributed by atoms with Crippen LogP contribution in [0.2, 0.25) is 0 Å². The number of hydrazine groups is 1. The van der Waals surface area contributed by atoms with Crippen molar-refractivity contribution in [2.75, 3.05) is 7.05 Å². The van der Waals surface area contributed by atoms with E-state index in [9.17, 15) is 9.59 Å². The number of nitrogens with zero attached hydrogens (tertiary/aromatic N) is 3. The van der Waals surface area contributed by atoms with E-state index in [1.807, 2.05) is 16.9 Å². The molecule has 0 saturated heterocycles. The molecule has 0 spiro atoms. The average Bonchev–Trinajstić information content (AvgIpc) is 3.03. The summed E-state index contributed by atoms with van der Waals surface area (Å²) in [6, 6.07) is 1.83. The molecule has 0 unspecified atom stereocenters. The Morgan fingerprint density at radius 1 is 1.60 bits per heavy atom. The SMILES string of the molecule is CN1Cc2c(OC(=O)NN)ncn2-c2ccsc2C1=O. The van der Waals surface area contributed by atoms with E-state index >= 15 is 0 Å². The number of aromatic nitrogens is 2. The number of imidazole rings is 1. The van der Waals surface area contributed by atoms with Gasteiger partial charge in [-0.2, -0.15) is 0 Å². The highest BCUT2D eigenvalue weighted by Crippen LogP contribution is 2.31. The van der Waals surface area contributed by atoms with Crippen molar-refractivity contribution in [1.82, 2.24) is 19.9 Å². The third kappa shape index (κ3) is 1.84. The first kappa shape index (κ1) is 12.6. The highest BCUT2D eigenvalue weighted by molar-refractivity contribution is 7.12. The maximum Gasteiger partial charge on any atom is 0.428 e. The molecule has 9 heteroatoms. The molecule has 0 fully saturated rings. The Morgan fingerprint density at radius 2 is 2.40 bits per heavy atom. The smallest absolute Gasteiger partial charge is 0.388 e. The number of carbonyl (C=O) groups is 2. The van der Waals surface area contributed by atoms with E-state index in [1.54, 1.807) is 16.5 Å². The predicted molar refractivity (Wildman–Crippen MR) is 70.6 cm³/mol. The Kier molecular flexibility index (Phi) is 2.92. The van der Waals surface area contributed by atoms with Gasteiger partial charge in [-0.3, -0.25) is 14.8 Å². The van der Waals surface area contributed by atoms with Crippen molar-refractivity contribution in [3.8, 4) is 11.6 Å². The molecule has 0 radical (unpaired) electrons. The number of hydrogen-bond donors (Lipinski definition) is 2. The van der Waals surface area contributed by atoms with Gasteiger partial charge in [-0.15, -0.1) is 11.3 Å². The number of nitrogens with two attached hydrogens (primary N) is 1. The van der Waals surface area contributed by atoms with E-state index in [0.29, 0.717) is 10.6 Å². The number of thiophene rings is 1. The monoisotopic (exact) mass is 293 g/mol. The molecule has 2 aromatic rings. The van der Waals surface area contributed by atoms with Crippen molar-refractivity contribution in [3.05, 3.63) is 28.3 Å². The Hall–Kier alpha value is -2.39. The first-order valence-corrected chi connectivity index (χ1v) is 6.57. The third-order valence-corrected chi connectivity index (χ3v) is 3.86. The van der Waals surface area contributed by atoms with Gasteiger partial charge < -0.3 is 9.64 Å². The van der Waals surface area contributed by atoms with Crippen LogP contribution >= 0.6 is 11.3 Å². The summed E-state index contributed by atoms with van der Waals surface area (Å²) < 4.78 is 6.73. The molecule has 2 amide bonds. The molecule has 8 nitrogen and oxygen atoms in total. The van der Waals surface area contributed by atoms with Gasteiger partial charge in [0.05, 0.1) is 12.2 Å². The number of amides is 2. The van der Waals surface area contributed by atoms with E-state index in [1.165, 1.54) is 17.7 Å². The molecule has 0 atom stereocenters. The molecule has 2 aromatic heterocycles. The topological polar surface area (TPSA) is 102 Å². The summed E-state index contributed by atoms with van der Waals surface area (Å²) in [6.07, 6.45) is 0.710. The zero-order valence-corrected chi connectivity index (χ0v) is 11.3. The standard InChI is InChI=1S/C11H11N5O3S/c1-15-4-7-9(19-11(18)14-12)13-5-16(7)6-2-3-20-8(6)10(15)17/h2-3,5H,4,12H2,1H3,(H,14,18). The normalized spacial score (nSPS) is 13.5. The van der Waals surface area contributed by atoms with Gasteiger partial charge in [-0.1, -0.05) is 0 Å². The minimum absolute atomic E-state index is 0.0760. The van der Waals surface area contributed by atoms with E-state index in [4.69, 9.17) is 10.6 Å². The number of rotatable bonds is 1. The molecule has 104 valence electrons. The van der Waals surface area contributed by atoms with Crippen LogP contribution in [0.3, 0.4) is 0 Å². The number of ether oxygens (including phenoxy) is 1. The molecule has 0 aliphatic carbocycles. The van der Waals surface area contributed by atoms with E-state index in [2.05, 4.69) is 4.98 Å². The Morgan fingerprint density at radius 3 is 3.15 bits per heavy atom. The van der Waals surface area contributed by atoms with E-state index < -0.39 is 6.09 Å². The van der Waals surface area contributed by atoms with E-state index in [-0.39, 0.29) is 18.3 Å². The van der Waals surface area contributed by atoms with Gasteiger partial charge >= 0.3 is 6.09 Å². The first-order valence-electron chi connectivity index (χ1n) is 5.69. The van der Waals surface area contributed by atoms with Crippen LogP contribution < -0.4 is 16.0 Å². The lowest BCUT2D eigenvalue weighted by atomic mass is 10.3. The second-order valence-electron chi connectivity index (χ2n) is 4.20. The molecular formula is C11H11N5O3S. The average molecular weight is 293 g/mol. The molecule has 20 heavy (non-hydrogen) atoms. The van der Waals surface area contributed by atoms with Crippen LogP contribution in [-0.4, -0.2) is 33.5 Å². The summed E-state index contributed by atoms with van der Waals surface area (Å²) in [5.74, 6) is 5.04. The molecule has 3 heterocycles. The number of fused-ring (bicyclic) bond motifs is 3. The Labute approximate surface area is 117 Å². The lowest BCUT2D eigenvalue weighted by Gasteiger charge is -2.13. The summed E-state index contributed by atoms with van der Waals surface area (Å²) in [6.45, 7) is 0.285. The van der Waals surface area contributed by atoms with Crippen molar-refractivity contribution in [3.63, 3.8) is 0 Å². The highest BCUT2D eigenvalue weighted by Gasteiger charge is 2.28. The van der Waals surface area contributed by atoms with Crippen molar-refractivity contribution >= 4 is 23.3 Å². The first-order chi connectivity index (χ1) is 9.61. The molecule has 0 saturated carbocycles. The van der Waals surface area contributed by atoms with Crippen molar-refractivity contribution in [2.45, 2.75) is 6.54 Å². The molecular weight excluding hydrogens is 282 g/mol. The molecule has 3 N–H and O–H groups in total. The minimum atomic E-state index is -0.810. The molecule has 1 aliphatic rings. The zero-order chi connectivity index (χ0) is 14.3. The van der Waals surface area contributed by atoms with Crippen LogP contribution in [0.4, 0.5) is 4.79 Å². The predicted octanol–water partition coefficient (Wildman–Crippen LogP) is 0.481. The van der Waals surface area contributed by atoms with Crippen molar-refractivity contribution < 1.29 is 14.3 Å². The van der Waals surface area contributed by atoms with Crippen LogP contribution in [0.5, 0.6) is 5.88 Å². The van der Waals surface area contributed by atoms with Gasteiger partial charge in [0, 0.05) is 7.05 Å². The number of nitrogens with one attached hydrogen (secondary N) is 1. The Balaban J connectivity index is 2.10. The lowest BCUT2D eigenvalue weighted by molar-refractivity contribution is 0.0792. The fraction of sp³-hybridized carbons (Fsp3) is 0.182. The van der Waals surface area contributed by atoms with Crippen LogP contribution in [0, 0.1) is 0 Å². The minimum Gasteiger partial charge on any atom is -0.388 e.